The zero-order valence-corrected chi connectivity index (χ0v) is 22.6. The van der Waals surface area contributed by atoms with Gasteiger partial charge in [0.25, 0.3) is 5.91 Å². The molecule has 0 aromatic heterocycles. The van der Waals surface area contributed by atoms with E-state index in [0.717, 1.165) is 43.9 Å². The van der Waals surface area contributed by atoms with Gasteiger partial charge in [0.1, 0.15) is 0 Å². The predicted octanol–water partition coefficient (Wildman–Crippen LogP) is 5.19. The standard InChI is InChI=1S/C31H38N4O3/c1-4-34(5-2)30(36)27-13-11-25(12-14-27)29(26-15-17-28(18-16-26)32(3)31(37)38)35-21-19-33(20-22-35)23-24-9-7-6-8-10-24/h6-18,29H,4-5,19-23H2,1-3H3,(H,37,38). The van der Waals surface area contributed by atoms with E-state index in [1.54, 1.807) is 7.05 Å². The van der Waals surface area contributed by atoms with E-state index in [0.29, 0.717) is 24.3 Å². The molecule has 1 atom stereocenters. The van der Waals surface area contributed by atoms with Gasteiger partial charge in [-0.05, 0) is 54.8 Å². The Labute approximate surface area is 225 Å². The third-order valence-electron chi connectivity index (χ3n) is 7.43. The number of carboxylic acid groups (broad SMARTS) is 1. The Morgan fingerprint density at radius 3 is 1.89 bits per heavy atom. The minimum atomic E-state index is -0.989. The molecule has 0 aliphatic carbocycles. The van der Waals surface area contributed by atoms with Gasteiger partial charge >= 0.3 is 6.09 Å². The van der Waals surface area contributed by atoms with Crippen LogP contribution in [0.15, 0.2) is 78.9 Å². The lowest BCUT2D eigenvalue weighted by molar-refractivity contribution is 0.0772. The Balaban J connectivity index is 1.57. The molecule has 7 nitrogen and oxygen atoms in total. The Morgan fingerprint density at radius 1 is 0.816 bits per heavy atom. The number of anilines is 1. The van der Waals surface area contributed by atoms with Gasteiger partial charge in [-0.3, -0.25) is 19.5 Å². The smallest absolute Gasteiger partial charge is 0.411 e. The largest absolute Gasteiger partial charge is 0.465 e. The number of hydrogen-bond donors (Lipinski definition) is 1. The summed E-state index contributed by atoms with van der Waals surface area (Å²) >= 11 is 0. The van der Waals surface area contributed by atoms with Crippen LogP contribution in [0.3, 0.4) is 0 Å². The summed E-state index contributed by atoms with van der Waals surface area (Å²) in [6.07, 6.45) is -0.989. The number of piperazine rings is 1. The number of hydrogen-bond acceptors (Lipinski definition) is 4. The molecule has 3 aromatic rings. The first-order valence-corrected chi connectivity index (χ1v) is 13.4. The second-order valence-electron chi connectivity index (χ2n) is 9.73. The summed E-state index contributed by atoms with van der Waals surface area (Å²) in [6.45, 7) is 10.0. The summed E-state index contributed by atoms with van der Waals surface area (Å²) < 4.78 is 0. The quantitative estimate of drug-likeness (QED) is 0.426. The Hall–Kier alpha value is -3.68. The van der Waals surface area contributed by atoms with Crippen LogP contribution in [0.4, 0.5) is 10.5 Å². The van der Waals surface area contributed by atoms with E-state index in [1.165, 1.54) is 10.5 Å². The number of nitrogens with zero attached hydrogens (tertiary/aromatic N) is 4. The van der Waals surface area contributed by atoms with E-state index in [9.17, 15) is 14.7 Å². The van der Waals surface area contributed by atoms with Crippen LogP contribution in [-0.2, 0) is 6.54 Å². The first-order valence-electron chi connectivity index (χ1n) is 13.4. The SMILES string of the molecule is CCN(CC)C(=O)c1ccc(C(c2ccc(N(C)C(=O)O)cc2)N2CCN(Cc3ccccc3)CC2)cc1. The van der Waals surface area contributed by atoms with Crippen molar-refractivity contribution in [3.63, 3.8) is 0 Å². The van der Waals surface area contributed by atoms with Gasteiger partial charge in [-0.2, -0.15) is 0 Å². The molecule has 200 valence electrons. The predicted molar refractivity (Wildman–Crippen MR) is 152 cm³/mol. The summed E-state index contributed by atoms with van der Waals surface area (Å²) in [4.78, 5) is 32.3. The lowest BCUT2D eigenvalue weighted by Crippen LogP contribution is -2.47. The van der Waals surface area contributed by atoms with Crippen LogP contribution >= 0.6 is 0 Å². The van der Waals surface area contributed by atoms with Gasteiger partial charge in [-0.25, -0.2) is 4.79 Å². The highest BCUT2D eigenvalue weighted by atomic mass is 16.4. The molecule has 3 aromatic carbocycles. The maximum absolute atomic E-state index is 12.9. The number of benzene rings is 3. The van der Waals surface area contributed by atoms with Crippen molar-refractivity contribution in [3.05, 3.63) is 101 Å². The van der Waals surface area contributed by atoms with E-state index in [-0.39, 0.29) is 11.9 Å². The fourth-order valence-corrected chi connectivity index (χ4v) is 5.13. The van der Waals surface area contributed by atoms with E-state index in [2.05, 4.69) is 46.2 Å². The minimum Gasteiger partial charge on any atom is -0.465 e. The molecule has 1 aliphatic heterocycles. The van der Waals surface area contributed by atoms with Crippen LogP contribution in [0.25, 0.3) is 0 Å². The maximum Gasteiger partial charge on any atom is 0.411 e. The monoisotopic (exact) mass is 514 g/mol. The normalized spacial score (nSPS) is 15.1. The van der Waals surface area contributed by atoms with Crippen LogP contribution in [0.1, 0.15) is 46.9 Å². The second-order valence-corrected chi connectivity index (χ2v) is 9.73. The molecular weight excluding hydrogens is 476 g/mol. The van der Waals surface area contributed by atoms with Crippen molar-refractivity contribution in [1.29, 1.82) is 0 Å². The lowest BCUT2D eigenvalue weighted by atomic mass is 9.95. The number of carbonyl (C=O) groups excluding carboxylic acids is 1. The summed E-state index contributed by atoms with van der Waals surface area (Å²) in [7, 11) is 1.55. The minimum absolute atomic E-state index is 0.00987. The van der Waals surface area contributed by atoms with Crippen molar-refractivity contribution in [2.75, 3.05) is 51.2 Å². The molecule has 1 heterocycles. The molecule has 0 radical (unpaired) electrons. The summed E-state index contributed by atoms with van der Waals surface area (Å²) in [5.74, 6) is 0.0497. The van der Waals surface area contributed by atoms with Crippen molar-refractivity contribution in [2.24, 2.45) is 0 Å². The maximum atomic E-state index is 12.9. The number of amides is 2. The average Bonchev–Trinajstić information content (AvgIpc) is 2.95. The fourth-order valence-electron chi connectivity index (χ4n) is 5.13. The Morgan fingerprint density at radius 2 is 1.37 bits per heavy atom. The van der Waals surface area contributed by atoms with Gasteiger partial charge in [0.05, 0.1) is 6.04 Å². The van der Waals surface area contributed by atoms with E-state index in [1.807, 2.05) is 61.2 Å². The van der Waals surface area contributed by atoms with Crippen LogP contribution in [-0.4, -0.2) is 78.1 Å². The van der Waals surface area contributed by atoms with Crippen molar-refractivity contribution in [1.82, 2.24) is 14.7 Å². The number of carbonyl (C=O) groups is 2. The molecule has 1 fully saturated rings. The molecule has 0 bridgehead atoms. The molecule has 1 saturated heterocycles. The molecule has 4 rings (SSSR count). The molecule has 1 aliphatic rings. The molecule has 0 spiro atoms. The third-order valence-corrected chi connectivity index (χ3v) is 7.43. The van der Waals surface area contributed by atoms with Crippen LogP contribution < -0.4 is 4.90 Å². The van der Waals surface area contributed by atoms with Crippen LogP contribution in [0.2, 0.25) is 0 Å². The lowest BCUT2D eigenvalue weighted by Gasteiger charge is -2.40. The summed E-state index contributed by atoms with van der Waals surface area (Å²) in [6, 6.07) is 26.3. The molecular formula is C31H38N4O3. The van der Waals surface area contributed by atoms with E-state index in [4.69, 9.17) is 0 Å². The van der Waals surface area contributed by atoms with E-state index < -0.39 is 6.09 Å². The first kappa shape index (κ1) is 27.4. The van der Waals surface area contributed by atoms with Gasteiger partial charge in [-0.1, -0.05) is 54.6 Å². The molecule has 1 N–H and O–H groups in total. The fraction of sp³-hybridized carbons (Fsp3) is 0.355. The van der Waals surface area contributed by atoms with Crippen molar-refractivity contribution in [3.8, 4) is 0 Å². The van der Waals surface area contributed by atoms with Crippen molar-refractivity contribution >= 4 is 17.7 Å². The van der Waals surface area contributed by atoms with E-state index >= 15 is 0 Å². The molecule has 2 amide bonds. The van der Waals surface area contributed by atoms with Crippen molar-refractivity contribution < 1.29 is 14.7 Å². The highest BCUT2D eigenvalue weighted by Gasteiger charge is 2.27. The molecule has 7 heteroatoms. The second kappa shape index (κ2) is 12.7. The Bertz CT molecular complexity index is 1190. The van der Waals surface area contributed by atoms with Crippen molar-refractivity contribution in [2.45, 2.75) is 26.4 Å². The van der Waals surface area contributed by atoms with Gasteiger partial charge in [0, 0.05) is 64.1 Å². The molecule has 1 unspecified atom stereocenters. The number of rotatable bonds is 9. The Kier molecular flexibility index (Phi) is 9.15. The first-order chi connectivity index (χ1) is 18.4. The molecule has 38 heavy (non-hydrogen) atoms. The van der Waals surface area contributed by atoms with Crippen LogP contribution in [0.5, 0.6) is 0 Å². The highest BCUT2D eigenvalue weighted by Crippen LogP contribution is 2.31. The summed E-state index contributed by atoms with van der Waals surface area (Å²) in [5.41, 5.74) is 4.88. The van der Waals surface area contributed by atoms with Crippen LogP contribution in [0, 0.1) is 0 Å². The third kappa shape index (κ3) is 6.41. The summed E-state index contributed by atoms with van der Waals surface area (Å²) in [5, 5.41) is 9.35. The van der Waals surface area contributed by atoms with Gasteiger partial charge in [0.2, 0.25) is 0 Å². The zero-order chi connectivity index (χ0) is 27.1. The zero-order valence-electron chi connectivity index (χ0n) is 22.6. The van der Waals surface area contributed by atoms with Gasteiger partial charge in [0.15, 0.2) is 0 Å². The topological polar surface area (TPSA) is 67.3 Å². The highest BCUT2D eigenvalue weighted by molar-refractivity contribution is 5.94. The molecule has 0 saturated carbocycles. The van der Waals surface area contributed by atoms with Gasteiger partial charge < -0.3 is 10.0 Å². The van der Waals surface area contributed by atoms with Gasteiger partial charge in [-0.15, -0.1) is 0 Å². The average molecular weight is 515 g/mol.